The van der Waals surface area contributed by atoms with Crippen LogP contribution in [0.2, 0.25) is 0 Å². The van der Waals surface area contributed by atoms with Gasteiger partial charge in [-0.3, -0.25) is 9.78 Å². The van der Waals surface area contributed by atoms with E-state index in [2.05, 4.69) is 22.5 Å². The second-order valence-electron chi connectivity index (χ2n) is 5.04. The van der Waals surface area contributed by atoms with Gasteiger partial charge in [0, 0.05) is 6.20 Å². The van der Waals surface area contributed by atoms with Crippen molar-refractivity contribution in [2.75, 3.05) is 6.54 Å². The van der Waals surface area contributed by atoms with Crippen molar-refractivity contribution in [3.8, 4) is 0 Å². The van der Waals surface area contributed by atoms with E-state index in [0.29, 0.717) is 12.5 Å². The van der Waals surface area contributed by atoms with Crippen LogP contribution in [0.4, 0.5) is 0 Å². The summed E-state index contributed by atoms with van der Waals surface area (Å²) in [6.45, 7) is 5.58. The summed E-state index contributed by atoms with van der Waals surface area (Å²) in [6.07, 6.45) is 4.04. The molecule has 4 heteroatoms. The molecule has 2 N–H and O–H groups in total. The van der Waals surface area contributed by atoms with Crippen molar-refractivity contribution in [1.29, 1.82) is 0 Å². The Labute approximate surface area is 108 Å². The molecule has 0 bridgehead atoms. The van der Waals surface area contributed by atoms with Gasteiger partial charge in [-0.2, -0.15) is 0 Å². The lowest BCUT2D eigenvalue weighted by atomic mass is 9.92. The molecule has 2 rings (SSSR count). The number of pyridine rings is 1. The van der Waals surface area contributed by atoms with Crippen molar-refractivity contribution in [2.24, 2.45) is 5.92 Å². The lowest BCUT2D eigenvalue weighted by Crippen LogP contribution is -2.50. The number of rotatable bonds is 3. The van der Waals surface area contributed by atoms with Crippen LogP contribution in [0.25, 0.3) is 0 Å². The Morgan fingerprint density at radius 3 is 3.17 bits per heavy atom. The molecule has 2 heterocycles. The fourth-order valence-corrected chi connectivity index (χ4v) is 2.38. The van der Waals surface area contributed by atoms with Gasteiger partial charge in [0.2, 0.25) is 5.91 Å². The third-order valence-electron chi connectivity index (χ3n) is 3.60. The van der Waals surface area contributed by atoms with Gasteiger partial charge in [0.15, 0.2) is 0 Å². The topological polar surface area (TPSA) is 54.0 Å². The molecule has 2 unspecified atom stereocenters. The summed E-state index contributed by atoms with van der Waals surface area (Å²) in [5.41, 5.74) is 2.05. The minimum atomic E-state index is -0.0530. The average Bonchev–Trinajstić information content (AvgIpc) is 2.38. The van der Waals surface area contributed by atoms with Gasteiger partial charge in [-0.1, -0.05) is 13.0 Å². The highest BCUT2D eigenvalue weighted by atomic mass is 16.2. The van der Waals surface area contributed by atoms with Gasteiger partial charge >= 0.3 is 0 Å². The Morgan fingerprint density at radius 2 is 2.44 bits per heavy atom. The zero-order chi connectivity index (χ0) is 13.0. The van der Waals surface area contributed by atoms with E-state index < -0.39 is 0 Å². The molecule has 4 nitrogen and oxygen atoms in total. The lowest BCUT2D eigenvalue weighted by Gasteiger charge is -2.28. The zero-order valence-corrected chi connectivity index (χ0v) is 11.1. The number of amides is 1. The van der Waals surface area contributed by atoms with Gasteiger partial charge in [-0.15, -0.1) is 0 Å². The van der Waals surface area contributed by atoms with Crippen molar-refractivity contribution < 1.29 is 4.79 Å². The smallest absolute Gasteiger partial charge is 0.237 e. The number of nitrogens with one attached hydrogen (secondary N) is 2. The Kier molecular flexibility index (Phi) is 4.31. The van der Waals surface area contributed by atoms with Gasteiger partial charge < -0.3 is 10.6 Å². The number of hydrogen-bond acceptors (Lipinski definition) is 3. The summed E-state index contributed by atoms with van der Waals surface area (Å²) in [6, 6.07) is 3.87. The first-order valence-electron chi connectivity index (χ1n) is 6.60. The Bertz CT molecular complexity index is 419. The molecule has 1 aliphatic heterocycles. The number of aryl methyl sites for hydroxylation is 1. The van der Waals surface area contributed by atoms with E-state index in [-0.39, 0.29) is 11.9 Å². The highest BCUT2D eigenvalue weighted by molar-refractivity contribution is 5.82. The van der Waals surface area contributed by atoms with Gasteiger partial charge in [-0.25, -0.2) is 0 Å². The molecular formula is C14H21N3O. The third kappa shape index (κ3) is 3.07. The molecule has 1 aromatic heterocycles. The van der Waals surface area contributed by atoms with Gasteiger partial charge in [0.05, 0.1) is 18.3 Å². The molecule has 1 amide bonds. The largest absolute Gasteiger partial charge is 0.349 e. The van der Waals surface area contributed by atoms with Crippen LogP contribution in [0, 0.1) is 12.8 Å². The molecule has 1 aromatic rings. The first-order valence-corrected chi connectivity index (χ1v) is 6.60. The molecule has 0 aliphatic carbocycles. The molecule has 18 heavy (non-hydrogen) atoms. The number of carbonyl (C=O) groups is 1. The van der Waals surface area contributed by atoms with Crippen LogP contribution in [-0.2, 0) is 11.3 Å². The SMILES string of the molecule is Cc1cccnc1CNC(=O)C1NCCCC1C. The second-order valence-corrected chi connectivity index (χ2v) is 5.04. The summed E-state index contributed by atoms with van der Waals surface area (Å²) >= 11 is 0. The van der Waals surface area contributed by atoms with E-state index in [1.807, 2.05) is 19.1 Å². The summed E-state index contributed by atoms with van der Waals surface area (Å²) in [7, 11) is 0. The number of aromatic nitrogens is 1. The fourth-order valence-electron chi connectivity index (χ4n) is 2.38. The van der Waals surface area contributed by atoms with E-state index in [0.717, 1.165) is 30.6 Å². The highest BCUT2D eigenvalue weighted by Gasteiger charge is 2.26. The Hall–Kier alpha value is -1.42. The lowest BCUT2D eigenvalue weighted by molar-refractivity contribution is -0.125. The predicted molar refractivity (Wildman–Crippen MR) is 71.0 cm³/mol. The molecule has 98 valence electrons. The number of hydrogen-bond donors (Lipinski definition) is 2. The number of carbonyl (C=O) groups excluding carboxylic acids is 1. The predicted octanol–water partition coefficient (Wildman–Crippen LogP) is 1.39. The van der Waals surface area contributed by atoms with Crippen LogP contribution in [0.1, 0.15) is 31.0 Å². The maximum atomic E-state index is 12.1. The monoisotopic (exact) mass is 247 g/mol. The summed E-state index contributed by atoms with van der Waals surface area (Å²) in [5.74, 6) is 0.496. The third-order valence-corrected chi connectivity index (χ3v) is 3.60. The van der Waals surface area contributed by atoms with E-state index in [1.165, 1.54) is 0 Å². The van der Waals surface area contributed by atoms with Gasteiger partial charge in [-0.05, 0) is 43.9 Å². The maximum absolute atomic E-state index is 12.1. The van der Waals surface area contributed by atoms with E-state index in [9.17, 15) is 4.79 Å². The second kappa shape index (κ2) is 5.96. The van der Waals surface area contributed by atoms with Crippen molar-refractivity contribution in [2.45, 2.75) is 39.3 Å². The standard InChI is InChI=1S/C14H21N3O/c1-10-5-3-7-15-12(10)9-17-14(18)13-11(2)6-4-8-16-13/h3,5,7,11,13,16H,4,6,8-9H2,1-2H3,(H,17,18). The number of piperidine rings is 1. The Balaban J connectivity index is 1.90. The van der Waals surface area contributed by atoms with Crippen LogP contribution in [0.3, 0.4) is 0 Å². The summed E-state index contributed by atoms with van der Waals surface area (Å²) in [5, 5.41) is 6.26. The van der Waals surface area contributed by atoms with Crippen molar-refractivity contribution in [3.63, 3.8) is 0 Å². The minimum absolute atomic E-state index is 0.0530. The van der Waals surface area contributed by atoms with E-state index in [4.69, 9.17) is 0 Å². The summed E-state index contributed by atoms with van der Waals surface area (Å²) in [4.78, 5) is 16.4. The molecule has 1 aliphatic rings. The molecule has 0 aromatic carbocycles. The quantitative estimate of drug-likeness (QED) is 0.849. The first-order chi connectivity index (χ1) is 8.68. The molecular weight excluding hydrogens is 226 g/mol. The van der Waals surface area contributed by atoms with Crippen molar-refractivity contribution in [1.82, 2.24) is 15.6 Å². The fraction of sp³-hybridized carbons (Fsp3) is 0.571. The zero-order valence-electron chi connectivity index (χ0n) is 11.1. The molecule has 2 atom stereocenters. The number of nitrogens with zero attached hydrogens (tertiary/aromatic N) is 1. The molecule has 0 saturated carbocycles. The Morgan fingerprint density at radius 1 is 1.61 bits per heavy atom. The normalized spacial score (nSPS) is 23.7. The molecule has 1 saturated heterocycles. The van der Waals surface area contributed by atoms with Crippen molar-refractivity contribution in [3.05, 3.63) is 29.6 Å². The van der Waals surface area contributed by atoms with E-state index in [1.54, 1.807) is 6.20 Å². The maximum Gasteiger partial charge on any atom is 0.237 e. The van der Waals surface area contributed by atoms with Crippen LogP contribution in [0.15, 0.2) is 18.3 Å². The van der Waals surface area contributed by atoms with Crippen LogP contribution in [0.5, 0.6) is 0 Å². The van der Waals surface area contributed by atoms with Gasteiger partial charge in [0.1, 0.15) is 0 Å². The van der Waals surface area contributed by atoms with E-state index >= 15 is 0 Å². The molecule has 0 radical (unpaired) electrons. The van der Waals surface area contributed by atoms with Gasteiger partial charge in [0.25, 0.3) is 0 Å². The van der Waals surface area contributed by atoms with Crippen LogP contribution in [-0.4, -0.2) is 23.5 Å². The first kappa shape index (κ1) is 13.0. The highest BCUT2D eigenvalue weighted by Crippen LogP contribution is 2.15. The van der Waals surface area contributed by atoms with Crippen molar-refractivity contribution >= 4 is 5.91 Å². The minimum Gasteiger partial charge on any atom is -0.349 e. The average molecular weight is 247 g/mol. The summed E-state index contributed by atoms with van der Waals surface area (Å²) < 4.78 is 0. The molecule has 1 fully saturated rings. The molecule has 0 spiro atoms. The van der Waals surface area contributed by atoms with Crippen LogP contribution < -0.4 is 10.6 Å². The van der Waals surface area contributed by atoms with Crippen LogP contribution >= 0.6 is 0 Å².